The van der Waals surface area contributed by atoms with Gasteiger partial charge in [0.15, 0.2) is 0 Å². The van der Waals surface area contributed by atoms with Crippen molar-refractivity contribution in [3.8, 4) is 0 Å². The molecule has 0 aromatic carbocycles. The number of allylic oxidation sites excluding steroid dienone is 2. The number of rotatable bonds is 41. The second kappa shape index (κ2) is 36.1. The molecule has 4 aliphatic carbocycles. The van der Waals surface area contributed by atoms with Crippen molar-refractivity contribution in [2.45, 2.75) is 213 Å². The quantitative estimate of drug-likeness (QED) is 0.0265. The van der Waals surface area contributed by atoms with Crippen LogP contribution in [0.4, 0.5) is 4.79 Å². The summed E-state index contributed by atoms with van der Waals surface area (Å²) >= 11 is 0. The number of amides is 1. The van der Waals surface area contributed by atoms with E-state index in [9.17, 15) is 28.8 Å². The second-order valence-electron chi connectivity index (χ2n) is 21.9. The van der Waals surface area contributed by atoms with Crippen LogP contribution in [-0.4, -0.2) is 107 Å². The van der Waals surface area contributed by atoms with E-state index in [0.717, 1.165) is 83.2 Å². The third-order valence-corrected chi connectivity index (χ3v) is 15.1. The molecule has 5 aliphatic rings. The number of unbranched alkanes of at least 4 members (excludes halogenated alkanes) is 12. The van der Waals surface area contributed by atoms with E-state index in [4.69, 9.17) is 28.4 Å². The zero-order chi connectivity index (χ0) is 51.5. The molecular formula is C58H96N2O12. The lowest BCUT2D eigenvalue weighted by Crippen LogP contribution is -2.50. The number of nitrogens with zero attached hydrogens (tertiary/aromatic N) is 1. The van der Waals surface area contributed by atoms with Crippen molar-refractivity contribution in [2.24, 2.45) is 28.6 Å². The van der Waals surface area contributed by atoms with Crippen LogP contribution in [0.5, 0.6) is 0 Å². The fraction of sp³-hybridized carbons (Fsp3) is 0.828. The molecule has 1 aliphatic heterocycles. The molecule has 1 saturated heterocycles. The van der Waals surface area contributed by atoms with Crippen LogP contribution >= 0.6 is 0 Å². The van der Waals surface area contributed by atoms with Gasteiger partial charge in [0.05, 0.1) is 13.2 Å². The summed E-state index contributed by atoms with van der Waals surface area (Å²) in [5.74, 6) is 0.0196. The molecule has 5 fully saturated rings. The molecule has 410 valence electrons. The Kier molecular flexibility index (Phi) is 30.4. The van der Waals surface area contributed by atoms with E-state index in [1.54, 1.807) is 0 Å². The first-order valence-electron chi connectivity index (χ1n) is 28.7. The first-order chi connectivity index (χ1) is 35.0. The van der Waals surface area contributed by atoms with Crippen molar-refractivity contribution in [1.82, 2.24) is 10.2 Å². The maximum Gasteiger partial charge on any atom is 0.407 e. The third-order valence-electron chi connectivity index (χ3n) is 15.1. The molecule has 2 unspecified atom stereocenters. The summed E-state index contributed by atoms with van der Waals surface area (Å²) in [6.07, 6.45) is 34.4. The van der Waals surface area contributed by atoms with Crippen LogP contribution in [0.2, 0.25) is 0 Å². The average molecular weight is 1010 g/mol. The summed E-state index contributed by atoms with van der Waals surface area (Å²) in [7, 11) is 0. The number of esters is 5. The zero-order valence-corrected chi connectivity index (χ0v) is 44.9. The van der Waals surface area contributed by atoms with E-state index in [1.165, 1.54) is 64.2 Å². The lowest BCUT2D eigenvalue weighted by Gasteiger charge is -2.60. The molecule has 14 nitrogen and oxygen atoms in total. The van der Waals surface area contributed by atoms with Gasteiger partial charge in [-0.25, -0.2) is 4.79 Å². The maximum absolute atomic E-state index is 13.6. The highest BCUT2D eigenvalue weighted by Crippen LogP contribution is 2.64. The lowest BCUT2D eigenvalue weighted by molar-refractivity contribution is -0.167. The molecule has 1 amide bonds. The summed E-state index contributed by atoms with van der Waals surface area (Å²) in [5, 5.41) is 2.82. The predicted molar refractivity (Wildman–Crippen MR) is 279 cm³/mol. The molecule has 5 rings (SSSR count). The van der Waals surface area contributed by atoms with Crippen molar-refractivity contribution in [2.75, 3.05) is 65.8 Å². The van der Waals surface area contributed by atoms with E-state index in [-0.39, 0.29) is 63.1 Å². The molecule has 3 bridgehead atoms. The highest BCUT2D eigenvalue weighted by atomic mass is 16.6. The normalized spacial score (nSPS) is 20.5. The van der Waals surface area contributed by atoms with Crippen LogP contribution in [0.1, 0.15) is 213 Å². The van der Waals surface area contributed by atoms with Gasteiger partial charge >= 0.3 is 35.9 Å². The molecule has 0 radical (unpaired) electrons. The van der Waals surface area contributed by atoms with Crippen LogP contribution in [-0.2, 0) is 52.4 Å². The van der Waals surface area contributed by atoms with Gasteiger partial charge in [0, 0.05) is 45.2 Å². The van der Waals surface area contributed by atoms with E-state index in [0.29, 0.717) is 95.4 Å². The van der Waals surface area contributed by atoms with Gasteiger partial charge in [-0.15, -0.1) is 0 Å². The minimum absolute atomic E-state index is 0.127. The monoisotopic (exact) mass is 1010 g/mol. The number of hydrogen-bond donors (Lipinski definition) is 1. The number of carbonyl (C=O) groups is 6. The molecule has 0 aromatic rings. The van der Waals surface area contributed by atoms with Gasteiger partial charge in [-0.3, -0.25) is 24.0 Å². The Labute approximate surface area is 433 Å². The number of nitrogens with one attached hydrogen (secondary N) is 1. The van der Waals surface area contributed by atoms with Crippen LogP contribution < -0.4 is 5.32 Å². The number of carbonyl (C=O) groups excluding carboxylic acids is 6. The van der Waals surface area contributed by atoms with E-state index in [1.807, 2.05) is 0 Å². The Bertz CT molecular complexity index is 1570. The predicted octanol–water partition coefficient (Wildman–Crippen LogP) is 11.9. The fourth-order valence-corrected chi connectivity index (χ4v) is 11.3. The Balaban J connectivity index is 1.26. The molecule has 2 atom stereocenters. The van der Waals surface area contributed by atoms with E-state index >= 15 is 0 Å². The Hall–Kier alpha value is -3.94. The standard InChI is InChI=1S/C58H96N2O12/c1-3-5-7-9-11-17-25-35-67-51(61)27-19-13-15-21-29-53(63)69-44-58(47-72-56(66)59-31-34-60-32-23-24-33-60,46-71-55(65)39-49-37-48-38-50-42-57(40-48,41-49)43-50)45-70-54(64)30-22-16-14-20-28-52(62)68-36-26-18-12-10-8-6-4-2/h11-12,17-18,48-50H,3-10,13-16,19-47H2,1-2H3,(H,59,66)/b17-11-,18-12-. The van der Waals surface area contributed by atoms with Crippen LogP contribution in [0.15, 0.2) is 24.3 Å². The first-order valence-corrected chi connectivity index (χ1v) is 28.7. The molecule has 14 heteroatoms. The van der Waals surface area contributed by atoms with Crippen molar-refractivity contribution < 1.29 is 57.2 Å². The molecule has 1 heterocycles. The number of alkyl carbamates (subject to hydrolysis) is 1. The maximum atomic E-state index is 13.6. The topological polar surface area (TPSA) is 173 Å². The Morgan fingerprint density at radius 3 is 1.47 bits per heavy atom. The minimum atomic E-state index is -1.35. The van der Waals surface area contributed by atoms with Crippen molar-refractivity contribution in [3.05, 3.63) is 24.3 Å². The number of likely N-dealkylation sites (tertiary alicyclic amines) is 1. The van der Waals surface area contributed by atoms with Gasteiger partial charge in [0.2, 0.25) is 0 Å². The Morgan fingerprint density at radius 1 is 0.514 bits per heavy atom. The minimum Gasteiger partial charge on any atom is -0.465 e. The van der Waals surface area contributed by atoms with Crippen LogP contribution in [0.3, 0.4) is 0 Å². The van der Waals surface area contributed by atoms with E-state index in [2.05, 4.69) is 48.4 Å². The largest absolute Gasteiger partial charge is 0.465 e. The first kappa shape index (κ1) is 60.6. The van der Waals surface area contributed by atoms with Gasteiger partial charge in [0.1, 0.15) is 31.8 Å². The Morgan fingerprint density at radius 2 is 0.972 bits per heavy atom. The lowest BCUT2D eigenvalue weighted by atomic mass is 9.45. The molecular weight excluding hydrogens is 917 g/mol. The highest BCUT2D eigenvalue weighted by molar-refractivity contribution is 5.71. The van der Waals surface area contributed by atoms with Gasteiger partial charge < -0.3 is 38.6 Å². The van der Waals surface area contributed by atoms with Gasteiger partial charge in [0.25, 0.3) is 0 Å². The van der Waals surface area contributed by atoms with Gasteiger partial charge in [-0.05, 0) is 152 Å². The van der Waals surface area contributed by atoms with Crippen molar-refractivity contribution in [3.63, 3.8) is 0 Å². The van der Waals surface area contributed by atoms with Gasteiger partial charge in [-0.1, -0.05) is 89.5 Å². The molecule has 72 heavy (non-hydrogen) atoms. The SMILES string of the molecule is CCCCC/C=C\CCOC(=O)CCCCCCC(=O)OCC(COC(=O)CCCCCCC(=O)OCC/C=C\CCCCC)(COC(=O)CC1CC2CC3CC(C1)(C2)C3)COC(=O)NCCN1CCCC1. The highest BCUT2D eigenvalue weighted by Gasteiger charge is 2.54. The van der Waals surface area contributed by atoms with Crippen LogP contribution in [0.25, 0.3) is 0 Å². The molecule has 1 spiro atoms. The summed E-state index contributed by atoms with van der Waals surface area (Å²) < 4.78 is 34.2. The number of ether oxygens (including phenoxy) is 6. The summed E-state index contributed by atoms with van der Waals surface area (Å²) in [4.78, 5) is 80.0. The third kappa shape index (κ3) is 26.3. The summed E-state index contributed by atoms with van der Waals surface area (Å²) in [6, 6.07) is 0. The van der Waals surface area contributed by atoms with E-state index < -0.39 is 23.4 Å². The second-order valence-corrected chi connectivity index (χ2v) is 21.9. The summed E-state index contributed by atoms with van der Waals surface area (Å²) in [5.41, 5.74) is -0.974. The molecule has 0 aromatic heterocycles. The van der Waals surface area contributed by atoms with Crippen LogP contribution in [0, 0.1) is 28.6 Å². The number of hydrogen-bond acceptors (Lipinski definition) is 13. The van der Waals surface area contributed by atoms with Crippen molar-refractivity contribution >= 4 is 35.9 Å². The average Bonchev–Trinajstić information content (AvgIpc) is 3.88. The molecule has 1 N–H and O–H groups in total. The smallest absolute Gasteiger partial charge is 0.407 e. The summed E-state index contributed by atoms with van der Waals surface area (Å²) in [6.45, 7) is 7.01. The molecule has 4 saturated carbocycles. The van der Waals surface area contributed by atoms with Gasteiger partial charge in [-0.2, -0.15) is 0 Å². The fourth-order valence-electron chi connectivity index (χ4n) is 11.3. The van der Waals surface area contributed by atoms with Crippen molar-refractivity contribution in [1.29, 1.82) is 0 Å². The zero-order valence-electron chi connectivity index (χ0n) is 44.9.